The van der Waals surface area contributed by atoms with E-state index in [0.29, 0.717) is 12.8 Å². The summed E-state index contributed by atoms with van der Waals surface area (Å²) >= 11 is 6.13. The topological polar surface area (TPSA) is 118 Å². The Bertz CT molecular complexity index is 1260. The first-order chi connectivity index (χ1) is 15.3. The lowest BCUT2D eigenvalue weighted by molar-refractivity contribution is 0.0635. The van der Waals surface area contributed by atoms with Gasteiger partial charge in [0.15, 0.2) is 0 Å². The molecule has 0 aliphatic heterocycles. The zero-order chi connectivity index (χ0) is 22.5. The van der Waals surface area contributed by atoms with E-state index in [-0.39, 0.29) is 12.1 Å². The maximum Gasteiger partial charge on any atom is 0.335 e. The maximum atomic E-state index is 11.7. The van der Waals surface area contributed by atoms with Crippen molar-refractivity contribution in [3.8, 4) is 0 Å². The summed E-state index contributed by atoms with van der Waals surface area (Å²) in [6, 6.07) is 7.93. The van der Waals surface area contributed by atoms with Crippen molar-refractivity contribution in [2.24, 2.45) is 0 Å². The fraction of sp³-hybridized carbons (Fsp3) is 0.429. The van der Waals surface area contributed by atoms with Crippen LogP contribution in [0.1, 0.15) is 42.5 Å². The summed E-state index contributed by atoms with van der Waals surface area (Å²) in [6.07, 6.45) is 4.36. The highest BCUT2D eigenvalue weighted by Crippen LogP contribution is 2.38. The van der Waals surface area contributed by atoms with Gasteiger partial charge in [-0.2, -0.15) is 13.1 Å². The van der Waals surface area contributed by atoms with Gasteiger partial charge in [-0.05, 0) is 55.0 Å². The summed E-state index contributed by atoms with van der Waals surface area (Å²) in [6.45, 7) is 0. The Balaban J connectivity index is 1.39. The molecule has 1 aromatic carbocycles. The molecule has 5 rings (SSSR count). The van der Waals surface area contributed by atoms with E-state index in [9.17, 15) is 13.5 Å². The van der Waals surface area contributed by atoms with Gasteiger partial charge in [-0.3, -0.25) is 4.18 Å². The van der Waals surface area contributed by atoms with Crippen molar-refractivity contribution in [1.29, 1.82) is 0 Å². The van der Waals surface area contributed by atoms with Crippen molar-refractivity contribution < 1.29 is 17.7 Å². The minimum atomic E-state index is -3.88. The molecular weight excluding hydrogens is 454 g/mol. The molecule has 9 nitrogen and oxygen atoms in total. The molecule has 1 fully saturated rings. The number of aliphatic hydroxyl groups excluding tert-OH is 1. The number of rotatable bonds is 6. The summed E-state index contributed by atoms with van der Waals surface area (Å²) in [5, 5.41) is 15.5. The minimum absolute atomic E-state index is 0.140. The van der Waals surface area contributed by atoms with Gasteiger partial charge in [0.1, 0.15) is 23.9 Å². The van der Waals surface area contributed by atoms with Crippen molar-refractivity contribution in [3.05, 3.63) is 52.9 Å². The van der Waals surface area contributed by atoms with Gasteiger partial charge in [0.2, 0.25) is 0 Å². The number of aryl methyl sites for hydroxylation is 1. The van der Waals surface area contributed by atoms with Crippen molar-refractivity contribution in [2.75, 3.05) is 12.4 Å². The van der Waals surface area contributed by atoms with Crippen LogP contribution in [0, 0.1) is 0 Å². The number of halogens is 1. The van der Waals surface area contributed by atoms with Gasteiger partial charge in [0, 0.05) is 24.3 Å². The van der Waals surface area contributed by atoms with Gasteiger partial charge in [-0.1, -0.05) is 17.7 Å². The SMILES string of the molecule is CNS(=O)(=O)O[C@H]1C[C@H](n2ccc3c(N[C@H]4CCc5cc(Cl)ccc54)ncnc32)C[C@@H]1O. The predicted octanol–water partition coefficient (Wildman–Crippen LogP) is 2.73. The average molecular weight is 478 g/mol. The highest BCUT2D eigenvalue weighted by atomic mass is 35.5. The number of hydrogen-bond acceptors (Lipinski definition) is 7. The molecular formula is C21H24ClN5O4S. The van der Waals surface area contributed by atoms with Crippen molar-refractivity contribution in [2.45, 2.75) is 50.0 Å². The first-order valence-electron chi connectivity index (χ1n) is 10.5. The predicted molar refractivity (Wildman–Crippen MR) is 121 cm³/mol. The fourth-order valence-corrected chi connectivity index (χ4v) is 5.60. The van der Waals surface area contributed by atoms with Crippen LogP contribution in [0.4, 0.5) is 5.82 Å². The Hall–Kier alpha value is -2.24. The Morgan fingerprint density at radius 2 is 2.09 bits per heavy atom. The first kappa shape index (κ1) is 21.6. The smallest absolute Gasteiger partial charge is 0.335 e. The van der Waals surface area contributed by atoms with Crippen LogP contribution in [0.2, 0.25) is 5.02 Å². The summed E-state index contributed by atoms with van der Waals surface area (Å²) in [4.78, 5) is 8.93. The van der Waals surface area contributed by atoms with Crippen LogP contribution >= 0.6 is 11.6 Å². The van der Waals surface area contributed by atoms with Gasteiger partial charge < -0.3 is 15.0 Å². The van der Waals surface area contributed by atoms with E-state index in [4.69, 9.17) is 15.8 Å². The third-order valence-electron chi connectivity index (χ3n) is 6.34. The first-order valence-corrected chi connectivity index (χ1v) is 12.3. The Morgan fingerprint density at radius 1 is 1.25 bits per heavy atom. The quantitative estimate of drug-likeness (QED) is 0.499. The maximum absolute atomic E-state index is 11.7. The van der Waals surface area contributed by atoms with Gasteiger partial charge in [0.05, 0.1) is 17.5 Å². The summed E-state index contributed by atoms with van der Waals surface area (Å²) in [5.41, 5.74) is 3.21. The second kappa shape index (κ2) is 8.27. The minimum Gasteiger partial charge on any atom is -0.390 e. The van der Waals surface area contributed by atoms with E-state index in [1.807, 2.05) is 29.0 Å². The third kappa shape index (κ3) is 3.97. The Labute approximate surface area is 191 Å². The van der Waals surface area contributed by atoms with Crippen molar-refractivity contribution in [3.63, 3.8) is 0 Å². The van der Waals surface area contributed by atoms with E-state index in [1.165, 1.54) is 24.5 Å². The number of anilines is 1. The molecule has 32 heavy (non-hydrogen) atoms. The van der Waals surface area contributed by atoms with Crippen LogP contribution in [0.25, 0.3) is 11.0 Å². The zero-order valence-electron chi connectivity index (χ0n) is 17.4. The van der Waals surface area contributed by atoms with Crippen LogP contribution in [-0.2, 0) is 20.9 Å². The number of nitrogens with zero attached hydrogens (tertiary/aromatic N) is 3. The highest BCUT2D eigenvalue weighted by Gasteiger charge is 2.38. The number of aliphatic hydroxyl groups is 1. The van der Waals surface area contributed by atoms with E-state index < -0.39 is 22.5 Å². The van der Waals surface area contributed by atoms with Crippen LogP contribution in [0.15, 0.2) is 36.8 Å². The molecule has 2 aromatic heterocycles. The Morgan fingerprint density at radius 3 is 2.91 bits per heavy atom. The Kier molecular flexibility index (Phi) is 5.58. The molecule has 0 bridgehead atoms. The molecule has 3 N–H and O–H groups in total. The molecule has 0 amide bonds. The molecule has 0 saturated heterocycles. The fourth-order valence-electron chi connectivity index (χ4n) is 4.78. The van der Waals surface area contributed by atoms with E-state index in [1.54, 1.807) is 0 Å². The van der Waals surface area contributed by atoms with Crippen LogP contribution < -0.4 is 10.0 Å². The monoisotopic (exact) mass is 477 g/mol. The lowest BCUT2D eigenvalue weighted by Crippen LogP contribution is -2.31. The number of benzene rings is 1. The lowest BCUT2D eigenvalue weighted by Gasteiger charge is -2.17. The molecule has 2 aliphatic rings. The van der Waals surface area contributed by atoms with Gasteiger partial charge >= 0.3 is 10.3 Å². The molecule has 3 aromatic rings. The lowest BCUT2D eigenvalue weighted by atomic mass is 10.1. The summed E-state index contributed by atoms with van der Waals surface area (Å²) in [7, 11) is -2.61. The molecule has 1 saturated carbocycles. The second-order valence-electron chi connectivity index (χ2n) is 8.25. The standard InChI is InChI=1S/C21H24ClN5O4S/c1-23-32(29,30)31-19-10-14(9-18(19)28)27-7-6-16-20(24-11-25-21(16)27)26-17-5-2-12-8-13(22)3-4-15(12)17/h3-4,6-8,11,14,17-19,23,28H,2,5,9-10H2,1H3,(H,24,25,26)/t14-,17+,18+,19+/m1/s1. The van der Waals surface area contributed by atoms with Gasteiger partial charge in [-0.15, -0.1) is 0 Å². The summed E-state index contributed by atoms with van der Waals surface area (Å²) in [5.74, 6) is 0.741. The van der Waals surface area contributed by atoms with E-state index in [0.717, 1.165) is 34.7 Å². The molecule has 0 unspecified atom stereocenters. The zero-order valence-corrected chi connectivity index (χ0v) is 19.0. The average Bonchev–Trinajstić information content (AvgIpc) is 3.46. The van der Waals surface area contributed by atoms with Crippen molar-refractivity contribution in [1.82, 2.24) is 19.3 Å². The van der Waals surface area contributed by atoms with Crippen molar-refractivity contribution >= 4 is 38.8 Å². The number of fused-ring (bicyclic) bond motifs is 2. The van der Waals surface area contributed by atoms with Gasteiger partial charge in [0.25, 0.3) is 0 Å². The highest BCUT2D eigenvalue weighted by molar-refractivity contribution is 7.84. The van der Waals surface area contributed by atoms with E-state index in [2.05, 4.69) is 26.1 Å². The molecule has 4 atom stereocenters. The van der Waals surface area contributed by atoms with Crippen LogP contribution in [0.3, 0.4) is 0 Å². The molecule has 0 spiro atoms. The number of nitrogens with one attached hydrogen (secondary N) is 2. The second-order valence-corrected chi connectivity index (χ2v) is 10.2. The molecule has 2 aliphatic carbocycles. The third-order valence-corrected chi connectivity index (χ3v) is 7.58. The number of hydrogen-bond donors (Lipinski definition) is 3. The van der Waals surface area contributed by atoms with Gasteiger partial charge in [-0.25, -0.2) is 9.97 Å². The molecule has 170 valence electrons. The van der Waals surface area contributed by atoms with Crippen LogP contribution in [-0.4, -0.2) is 47.3 Å². The normalized spacial score (nSPS) is 25.3. The van der Waals surface area contributed by atoms with Crippen LogP contribution in [0.5, 0.6) is 0 Å². The molecule has 2 heterocycles. The molecule has 0 radical (unpaired) electrons. The molecule has 11 heteroatoms. The largest absolute Gasteiger partial charge is 0.390 e. The number of aromatic nitrogens is 3. The summed E-state index contributed by atoms with van der Waals surface area (Å²) < 4.78 is 32.6. The van der Waals surface area contributed by atoms with E-state index >= 15 is 0 Å².